The monoisotopic (exact) mass is 410 g/mol. The van der Waals surface area contributed by atoms with Gasteiger partial charge in [-0.3, -0.25) is 0 Å². The minimum atomic E-state index is -0.0961. The third-order valence-electron chi connectivity index (χ3n) is 5.97. The normalized spacial score (nSPS) is 19.6. The molecule has 1 aromatic carbocycles. The molecule has 0 amide bonds. The van der Waals surface area contributed by atoms with E-state index in [1.165, 1.54) is 42.4 Å². The summed E-state index contributed by atoms with van der Waals surface area (Å²) in [5.41, 5.74) is 4.73. The highest BCUT2D eigenvalue weighted by Crippen LogP contribution is 2.28. The van der Waals surface area contributed by atoms with Gasteiger partial charge in [0.1, 0.15) is 0 Å². The molecule has 0 bridgehead atoms. The van der Waals surface area contributed by atoms with Crippen LogP contribution in [-0.2, 0) is 12.0 Å². The van der Waals surface area contributed by atoms with E-state index in [1.807, 2.05) is 0 Å². The topological polar surface area (TPSA) is 63.0 Å². The molecular formula is C25H38N4O. The Morgan fingerprint density at radius 1 is 1.03 bits per heavy atom. The third kappa shape index (κ3) is 6.43. The van der Waals surface area contributed by atoms with Crippen LogP contribution in [0.1, 0.15) is 74.9 Å². The van der Waals surface area contributed by atoms with E-state index in [4.69, 9.17) is 4.52 Å². The summed E-state index contributed by atoms with van der Waals surface area (Å²) in [6.07, 6.45) is 5.09. The van der Waals surface area contributed by atoms with Crippen LogP contribution in [0, 0.1) is 25.7 Å². The lowest BCUT2D eigenvalue weighted by atomic mass is 9.82. The zero-order valence-corrected chi connectivity index (χ0v) is 19.3. The van der Waals surface area contributed by atoms with Crippen molar-refractivity contribution < 1.29 is 4.52 Å². The summed E-state index contributed by atoms with van der Waals surface area (Å²) in [6.45, 7) is 17.5. The first kappa shape index (κ1) is 22.5. The molecule has 1 heterocycles. The SMILES string of the molecule is C=C(NCC1CCC(CNCc2noc(C(C)(C)C)n2)CC1)c1cc(C)cc(C)c1. The highest BCUT2D eigenvalue weighted by Gasteiger charge is 2.23. The number of nitrogens with zero attached hydrogens (tertiary/aromatic N) is 2. The Bertz CT molecular complexity index is 821. The highest BCUT2D eigenvalue weighted by atomic mass is 16.5. The lowest BCUT2D eigenvalue weighted by Gasteiger charge is -2.29. The van der Waals surface area contributed by atoms with Crippen LogP contribution in [0.15, 0.2) is 29.3 Å². The zero-order chi connectivity index (χ0) is 21.7. The molecule has 5 heteroatoms. The quantitative estimate of drug-likeness (QED) is 0.631. The van der Waals surface area contributed by atoms with Crippen molar-refractivity contribution in [3.05, 3.63) is 53.2 Å². The largest absolute Gasteiger partial charge is 0.385 e. The first-order valence-corrected chi connectivity index (χ1v) is 11.3. The van der Waals surface area contributed by atoms with E-state index < -0.39 is 0 Å². The summed E-state index contributed by atoms with van der Waals surface area (Å²) >= 11 is 0. The fourth-order valence-corrected chi connectivity index (χ4v) is 4.18. The van der Waals surface area contributed by atoms with Crippen molar-refractivity contribution in [3.63, 3.8) is 0 Å². The van der Waals surface area contributed by atoms with E-state index in [0.29, 0.717) is 12.4 Å². The fourth-order valence-electron chi connectivity index (χ4n) is 4.18. The molecule has 1 aliphatic carbocycles. The van der Waals surface area contributed by atoms with Gasteiger partial charge in [-0.2, -0.15) is 4.98 Å². The maximum atomic E-state index is 5.36. The van der Waals surface area contributed by atoms with Crippen molar-refractivity contribution in [1.29, 1.82) is 0 Å². The van der Waals surface area contributed by atoms with Crippen molar-refractivity contribution in [2.75, 3.05) is 13.1 Å². The predicted octanol–water partition coefficient (Wildman–Crippen LogP) is 5.14. The molecule has 1 fully saturated rings. The Hall–Kier alpha value is -2.14. The lowest BCUT2D eigenvalue weighted by molar-refractivity contribution is 0.266. The highest BCUT2D eigenvalue weighted by molar-refractivity contribution is 5.63. The molecule has 0 aliphatic heterocycles. The van der Waals surface area contributed by atoms with Crippen LogP contribution in [0.25, 0.3) is 5.70 Å². The Labute approximate surface area is 181 Å². The summed E-state index contributed by atoms with van der Waals surface area (Å²) in [5.74, 6) is 2.92. The van der Waals surface area contributed by atoms with Crippen LogP contribution in [0.3, 0.4) is 0 Å². The number of rotatable bonds is 8. The summed E-state index contributed by atoms with van der Waals surface area (Å²) < 4.78 is 5.36. The van der Waals surface area contributed by atoms with E-state index in [2.05, 4.69) is 80.2 Å². The van der Waals surface area contributed by atoms with Crippen molar-refractivity contribution in [2.45, 2.75) is 72.3 Å². The van der Waals surface area contributed by atoms with Crippen molar-refractivity contribution in [3.8, 4) is 0 Å². The first-order chi connectivity index (χ1) is 14.2. The second-order valence-corrected chi connectivity index (χ2v) is 10.0. The fraction of sp³-hybridized carbons (Fsp3) is 0.600. The van der Waals surface area contributed by atoms with Crippen molar-refractivity contribution >= 4 is 5.70 Å². The number of aromatic nitrogens is 2. The molecule has 2 aromatic rings. The van der Waals surface area contributed by atoms with Gasteiger partial charge in [0.2, 0.25) is 5.89 Å². The van der Waals surface area contributed by atoms with Gasteiger partial charge in [0, 0.05) is 17.7 Å². The number of nitrogens with one attached hydrogen (secondary N) is 2. The van der Waals surface area contributed by atoms with Gasteiger partial charge < -0.3 is 15.2 Å². The molecular weight excluding hydrogens is 372 g/mol. The summed E-state index contributed by atoms with van der Waals surface area (Å²) in [7, 11) is 0. The van der Waals surface area contributed by atoms with Gasteiger partial charge in [-0.25, -0.2) is 0 Å². The second kappa shape index (κ2) is 9.78. The van der Waals surface area contributed by atoms with E-state index in [-0.39, 0.29) is 5.41 Å². The Balaban J connectivity index is 1.35. The predicted molar refractivity (Wildman–Crippen MR) is 123 cm³/mol. The smallest absolute Gasteiger partial charge is 0.232 e. The van der Waals surface area contributed by atoms with Gasteiger partial charge in [-0.05, 0) is 75.6 Å². The molecule has 0 atom stereocenters. The zero-order valence-electron chi connectivity index (χ0n) is 19.3. The molecule has 1 aromatic heterocycles. The molecule has 3 rings (SSSR count). The summed E-state index contributed by atoms with van der Waals surface area (Å²) in [5, 5.41) is 11.2. The van der Waals surface area contributed by atoms with Crippen LogP contribution in [0.5, 0.6) is 0 Å². The van der Waals surface area contributed by atoms with Crippen LogP contribution in [-0.4, -0.2) is 23.2 Å². The van der Waals surface area contributed by atoms with Gasteiger partial charge in [-0.1, -0.05) is 49.7 Å². The molecule has 0 saturated heterocycles. The molecule has 164 valence electrons. The average Bonchev–Trinajstić information content (AvgIpc) is 3.16. The first-order valence-electron chi connectivity index (χ1n) is 11.3. The van der Waals surface area contributed by atoms with E-state index >= 15 is 0 Å². The van der Waals surface area contributed by atoms with Crippen LogP contribution in [0.4, 0.5) is 0 Å². The van der Waals surface area contributed by atoms with E-state index in [1.54, 1.807) is 0 Å². The van der Waals surface area contributed by atoms with E-state index in [0.717, 1.165) is 36.4 Å². The van der Waals surface area contributed by atoms with Crippen molar-refractivity contribution in [1.82, 2.24) is 20.8 Å². The Morgan fingerprint density at radius 2 is 1.63 bits per heavy atom. The minimum Gasteiger partial charge on any atom is -0.385 e. The lowest BCUT2D eigenvalue weighted by Crippen LogP contribution is -2.30. The number of aryl methyl sites for hydroxylation is 2. The van der Waals surface area contributed by atoms with Gasteiger partial charge in [0.15, 0.2) is 5.82 Å². The second-order valence-electron chi connectivity index (χ2n) is 10.0. The standard InChI is InChI=1S/C25H38N4O/c1-17-11-18(2)13-22(12-17)19(3)27-15-21-9-7-20(8-10-21)14-26-16-23-28-24(30-29-23)25(4,5)6/h11-13,20-21,26-27H,3,7-10,14-16H2,1-2,4-6H3. The minimum absolute atomic E-state index is 0.0961. The molecule has 2 N–H and O–H groups in total. The molecule has 5 nitrogen and oxygen atoms in total. The van der Waals surface area contributed by atoms with Crippen molar-refractivity contribution in [2.24, 2.45) is 11.8 Å². The van der Waals surface area contributed by atoms with Crippen LogP contribution >= 0.6 is 0 Å². The number of hydrogen-bond acceptors (Lipinski definition) is 5. The maximum Gasteiger partial charge on any atom is 0.232 e. The van der Waals surface area contributed by atoms with Gasteiger partial charge in [0.25, 0.3) is 0 Å². The third-order valence-corrected chi connectivity index (χ3v) is 5.97. The van der Waals surface area contributed by atoms with Crippen LogP contribution < -0.4 is 10.6 Å². The summed E-state index contributed by atoms with van der Waals surface area (Å²) in [4.78, 5) is 4.50. The number of hydrogen-bond donors (Lipinski definition) is 2. The molecule has 0 spiro atoms. The maximum absolute atomic E-state index is 5.36. The summed E-state index contributed by atoms with van der Waals surface area (Å²) in [6, 6.07) is 6.62. The van der Waals surface area contributed by atoms with Crippen LogP contribution in [0.2, 0.25) is 0 Å². The molecule has 1 saturated carbocycles. The molecule has 0 radical (unpaired) electrons. The Morgan fingerprint density at radius 3 is 2.20 bits per heavy atom. The van der Waals surface area contributed by atoms with Gasteiger partial charge in [-0.15, -0.1) is 0 Å². The molecule has 0 unspecified atom stereocenters. The molecule has 1 aliphatic rings. The van der Waals surface area contributed by atoms with Gasteiger partial charge >= 0.3 is 0 Å². The Kier molecular flexibility index (Phi) is 7.35. The van der Waals surface area contributed by atoms with Gasteiger partial charge in [0.05, 0.1) is 6.54 Å². The number of benzene rings is 1. The average molecular weight is 411 g/mol. The van der Waals surface area contributed by atoms with E-state index in [9.17, 15) is 0 Å². The molecule has 30 heavy (non-hydrogen) atoms.